The zero-order valence-electron chi connectivity index (χ0n) is 13.3. The number of hydrogen-bond acceptors (Lipinski definition) is 4. The third kappa shape index (κ3) is 6.33. The van der Waals surface area contributed by atoms with Crippen LogP contribution in [-0.2, 0) is 10.0 Å². The van der Waals surface area contributed by atoms with Gasteiger partial charge in [0.15, 0.2) is 0 Å². The Hall–Kier alpha value is -1.30. The molecule has 0 aliphatic carbocycles. The molecule has 21 heavy (non-hydrogen) atoms. The summed E-state index contributed by atoms with van der Waals surface area (Å²) in [4.78, 5) is 6.60. The zero-order chi connectivity index (χ0) is 15.7. The number of hydrogen-bond donors (Lipinski definition) is 1. The van der Waals surface area contributed by atoms with Crippen LogP contribution in [0.2, 0.25) is 0 Å². The Bertz CT molecular complexity index is 494. The van der Waals surface area contributed by atoms with Crippen LogP contribution in [0.5, 0.6) is 0 Å². The van der Waals surface area contributed by atoms with E-state index in [1.54, 1.807) is 12.3 Å². The molecule has 0 aliphatic rings. The molecule has 0 saturated carbocycles. The normalized spacial score (nSPS) is 11.4. The number of unbranched alkanes of at least 4 members (excludes halogenated alkanes) is 1. The fourth-order valence-corrected chi connectivity index (χ4v) is 3.33. The minimum absolute atomic E-state index is 0.156. The Morgan fingerprint density at radius 1 is 1.10 bits per heavy atom. The summed E-state index contributed by atoms with van der Waals surface area (Å²) in [5.74, 6) is 1.05. The fourth-order valence-electron chi connectivity index (χ4n) is 2.08. The molecule has 0 unspecified atom stereocenters. The fraction of sp³-hybridized carbons (Fsp3) is 0.667. The highest BCUT2D eigenvalue weighted by molar-refractivity contribution is 7.92. The van der Waals surface area contributed by atoms with Crippen LogP contribution in [0.25, 0.3) is 0 Å². The molecule has 1 rings (SSSR count). The highest BCUT2D eigenvalue weighted by Gasteiger charge is 2.11. The molecule has 1 N–H and O–H groups in total. The molecule has 120 valence electrons. The smallest absolute Gasteiger partial charge is 0.232 e. The summed E-state index contributed by atoms with van der Waals surface area (Å²) >= 11 is 0. The molecule has 0 bridgehead atoms. The summed E-state index contributed by atoms with van der Waals surface area (Å²) < 4.78 is 26.2. The van der Waals surface area contributed by atoms with E-state index in [1.165, 1.54) is 0 Å². The van der Waals surface area contributed by atoms with E-state index in [4.69, 9.17) is 0 Å². The zero-order valence-corrected chi connectivity index (χ0v) is 14.1. The van der Waals surface area contributed by atoms with E-state index in [0.717, 1.165) is 38.2 Å². The summed E-state index contributed by atoms with van der Waals surface area (Å²) in [5, 5.41) is 0. The number of anilines is 2. The Balaban J connectivity index is 2.72. The number of sulfonamides is 1. The highest BCUT2D eigenvalue weighted by atomic mass is 32.2. The van der Waals surface area contributed by atoms with Gasteiger partial charge in [0, 0.05) is 13.1 Å². The second kappa shape index (κ2) is 8.87. The maximum Gasteiger partial charge on any atom is 0.232 e. The summed E-state index contributed by atoms with van der Waals surface area (Å²) in [6.45, 7) is 8.17. The Morgan fingerprint density at radius 3 is 2.24 bits per heavy atom. The second-order valence-corrected chi connectivity index (χ2v) is 7.01. The van der Waals surface area contributed by atoms with Crippen molar-refractivity contribution >= 4 is 21.5 Å². The van der Waals surface area contributed by atoms with Gasteiger partial charge in [0.1, 0.15) is 5.82 Å². The molecule has 1 aromatic rings. The van der Waals surface area contributed by atoms with Crippen LogP contribution in [-0.4, -0.2) is 32.2 Å². The van der Waals surface area contributed by atoms with Gasteiger partial charge in [0.25, 0.3) is 0 Å². The van der Waals surface area contributed by atoms with Gasteiger partial charge < -0.3 is 4.90 Å². The van der Waals surface area contributed by atoms with Crippen molar-refractivity contribution in [3.05, 3.63) is 18.3 Å². The second-order valence-electron chi connectivity index (χ2n) is 5.17. The Kier molecular flexibility index (Phi) is 7.50. The van der Waals surface area contributed by atoms with Crippen molar-refractivity contribution in [3.8, 4) is 0 Å². The third-order valence-corrected chi connectivity index (χ3v) is 4.47. The predicted molar refractivity (Wildman–Crippen MR) is 89.3 cm³/mol. The van der Waals surface area contributed by atoms with Gasteiger partial charge in [-0.2, -0.15) is 0 Å². The van der Waals surface area contributed by atoms with Gasteiger partial charge >= 0.3 is 0 Å². The molecular formula is C15H27N3O2S. The summed E-state index contributed by atoms with van der Waals surface area (Å²) in [7, 11) is -3.25. The van der Waals surface area contributed by atoms with Crippen molar-refractivity contribution in [2.45, 2.75) is 46.5 Å². The molecule has 0 spiro atoms. The molecule has 5 nitrogen and oxygen atoms in total. The van der Waals surface area contributed by atoms with Gasteiger partial charge in [-0.1, -0.05) is 27.2 Å². The van der Waals surface area contributed by atoms with Crippen molar-refractivity contribution in [2.24, 2.45) is 0 Å². The topological polar surface area (TPSA) is 62.3 Å². The van der Waals surface area contributed by atoms with Crippen molar-refractivity contribution in [1.29, 1.82) is 0 Å². The summed E-state index contributed by atoms with van der Waals surface area (Å²) in [6, 6.07) is 3.66. The molecule has 0 aliphatic heterocycles. The average molecular weight is 313 g/mol. The van der Waals surface area contributed by atoms with Crippen LogP contribution < -0.4 is 9.62 Å². The van der Waals surface area contributed by atoms with Crippen LogP contribution in [0, 0.1) is 0 Å². The predicted octanol–water partition coefficient (Wildman–Crippen LogP) is 3.25. The lowest BCUT2D eigenvalue weighted by Gasteiger charge is -2.22. The molecule has 0 aromatic carbocycles. The minimum atomic E-state index is -3.25. The van der Waals surface area contributed by atoms with Crippen molar-refractivity contribution in [3.63, 3.8) is 0 Å². The van der Waals surface area contributed by atoms with E-state index >= 15 is 0 Å². The van der Waals surface area contributed by atoms with E-state index in [-0.39, 0.29) is 5.75 Å². The first-order valence-electron chi connectivity index (χ1n) is 7.73. The number of pyridine rings is 1. The third-order valence-electron chi connectivity index (χ3n) is 3.10. The molecule has 0 saturated heterocycles. The summed E-state index contributed by atoms with van der Waals surface area (Å²) in [6.07, 6.45) is 5.25. The van der Waals surface area contributed by atoms with Crippen molar-refractivity contribution in [1.82, 2.24) is 4.98 Å². The largest absolute Gasteiger partial charge is 0.357 e. The minimum Gasteiger partial charge on any atom is -0.357 e. The number of nitrogens with zero attached hydrogens (tertiary/aromatic N) is 2. The lowest BCUT2D eigenvalue weighted by atomic mass is 10.3. The average Bonchev–Trinajstić information content (AvgIpc) is 2.45. The van der Waals surface area contributed by atoms with Crippen LogP contribution in [0.1, 0.15) is 46.5 Å². The first-order valence-corrected chi connectivity index (χ1v) is 9.39. The maximum atomic E-state index is 11.8. The van der Waals surface area contributed by atoms with E-state index < -0.39 is 10.0 Å². The SMILES string of the molecule is CCCCS(=O)(=O)Nc1ccc(N(CCC)CCC)nc1. The van der Waals surface area contributed by atoms with Gasteiger partial charge in [-0.3, -0.25) is 4.72 Å². The van der Waals surface area contributed by atoms with Crippen LogP contribution in [0.15, 0.2) is 18.3 Å². The monoisotopic (exact) mass is 313 g/mol. The van der Waals surface area contributed by atoms with Gasteiger partial charge in [0.2, 0.25) is 10.0 Å². The van der Waals surface area contributed by atoms with E-state index in [1.807, 2.05) is 13.0 Å². The van der Waals surface area contributed by atoms with Gasteiger partial charge in [0.05, 0.1) is 17.6 Å². The lowest BCUT2D eigenvalue weighted by molar-refractivity contribution is 0.598. The van der Waals surface area contributed by atoms with Gasteiger partial charge in [-0.15, -0.1) is 0 Å². The van der Waals surface area contributed by atoms with Gasteiger partial charge in [-0.05, 0) is 31.4 Å². The van der Waals surface area contributed by atoms with Crippen LogP contribution in [0.4, 0.5) is 11.5 Å². The molecule has 1 heterocycles. The molecule has 0 radical (unpaired) electrons. The quantitative estimate of drug-likeness (QED) is 0.720. The molecular weight excluding hydrogens is 286 g/mol. The summed E-state index contributed by atoms with van der Waals surface area (Å²) in [5.41, 5.74) is 0.530. The van der Waals surface area contributed by atoms with Crippen molar-refractivity contribution in [2.75, 3.05) is 28.5 Å². The lowest BCUT2D eigenvalue weighted by Crippen LogP contribution is -2.25. The Labute approximate surface area is 128 Å². The number of rotatable bonds is 10. The van der Waals surface area contributed by atoms with E-state index in [2.05, 4.69) is 28.5 Å². The molecule has 1 aromatic heterocycles. The maximum absolute atomic E-state index is 11.8. The number of nitrogens with one attached hydrogen (secondary N) is 1. The van der Waals surface area contributed by atoms with E-state index in [0.29, 0.717) is 12.1 Å². The standard InChI is InChI=1S/C15H27N3O2S/c1-4-7-12-21(19,20)17-14-8-9-15(16-13-14)18(10-5-2)11-6-3/h8-9,13,17H,4-7,10-12H2,1-3H3. The first kappa shape index (κ1) is 17.8. The van der Waals surface area contributed by atoms with Crippen LogP contribution in [0.3, 0.4) is 0 Å². The first-order chi connectivity index (χ1) is 10.0. The van der Waals surface area contributed by atoms with Gasteiger partial charge in [-0.25, -0.2) is 13.4 Å². The Morgan fingerprint density at radius 2 is 1.76 bits per heavy atom. The molecule has 0 fully saturated rings. The molecule has 0 atom stereocenters. The van der Waals surface area contributed by atoms with Crippen LogP contribution >= 0.6 is 0 Å². The van der Waals surface area contributed by atoms with E-state index in [9.17, 15) is 8.42 Å². The molecule has 0 amide bonds. The molecule has 6 heteroatoms. The highest BCUT2D eigenvalue weighted by Crippen LogP contribution is 2.16. The van der Waals surface area contributed by atoms with Crippen molar-refractivity contribution < 1.29 is 8.42 Å². The number of aromatic nitrogens is 1.